The number of hydrogen-bond acceptors (Lipinski definition) is 10. The van der Waals surface area contributed by atoms with Gasteiger partial charge in [0.1, 0.15) is 6.10 Å². The Hall–Kier alpha value is -0.950. The summed E-state index contributed by atoms with van der Waals surface area (Å²) in [5.41, 5.74) is 2.56. The molecule has 2 saturated heterocycles. The third-order valence-electron chi connectivity index (χ3n) is 17.1. The summed E-state index contributed by atoms with van der Waals surface area (Å²) in [6.07, 6.45) is 10.8. The number of rotatable bonds is 10. The second kappa shape index (κ2) is 15.1. The molecule has 0 spiro atoms. The maximum atomic E-state index is 14.4. The highest BCUT2D eigenvalue weighted by molar-refractivity contribution is 5.95. The molecule has 18 atom stereocenters. The highest BCUT2D eigenvalue weighted by Gasteiger charge is 2.72. The van der Waals surface area contributed by atoms with Crippen molar-refractivity contribution < 1.29 is 35.1 Å². The molecule has 10 nitrogen and oxygen atoms in total. The van der Waals surface area contributed by atoms with Crippen LogP contribution in [-0.4, -0.2) is 99.3 Å². The van der Waals surface area contributed by atoms with Gasteiger partial charge in [0.25, 0.3) is 0 Å². The van der Waals surface area contributed by atoms with Gasteiger partial charge in [-0.2, -0.15) is 0 Å². The smallest absolute Gasteiger partial charge is 0.159 e. The van der Waals surface area contributed by atoms with Crippen molar-refractivity contribution in [3.05, 3.63) is 11.6 Å². The molecule has 2 aliphatic heterocycles. The summed E-state index contributed by atoms with van der Waals surface area (Å²) < 4.78 is 6.73. The van der Waals surface area contributed by atoms with Crippen LogP contribution in [0.15, 0.2) is 11.6 Å². The van der Waals surface area contributed by atoms with E-state index in [1.807, 2.05) is 7.05 Å². The number of carbonyl (C=O) groups excluding carboxylic acids is 1. The number of nitrogens with one attached hydrogen (secondary N) is 2. The fourth-order valence-electron chi connectivity index (χ4n) is 14.3. The molecule has 53 heavy (non-hydrogen) atoms. The molecule has 6 fully saturated rings. The zero-order valence-corrected chi connectivity index (χ0v) is 33.3. The number of aliphatic hydroxyl groups is 5. The maximum absolute atomic E-state index is 14.4. The van der Waals surface area contributed by atoms with E-state index >= 15 is 0 Å². The summed E-state index contributed by atoms with van der Waals surface area (Å²) >= 11 is 0. The van der Waals surface area contributed by atoms with Crippen LogP contribution < -0.4 is 16.4 Å². The van der Waals surface area contributed by atoms with Crippen LogP contribution in [0.2, 0.25) is 0 Å². The second-order valence-corrected chi connectivity index (χ2v) is 19.9. The van der Waals surface area contributed by atoms with Crippen molar-refractivity contribution in [1.82, 2.24) is 10.6 Å². The van der Waals surface area contributed by atoms with Gasteiger partial charge in [0, 0.05) is 11.3 Å². The van der Waals surface area contributed by atoms with E-state index in [0.29, 0.717) is 44.1 Å². The van der Waals surface area contributed by atoms with E-state index in [1.54, 1.807) is 13.0 Å². The molecular formula is C43H73N3O7. The fraction of sp³-hybridized carbons (Fsp3) is 0.930. The van der Waals surface area contributed by atoms with Crippen LogP contribution in [0.3, 0.4) is 0 Å². The molecule has 0 amide bonds. The standard InChI is InChI=1S/C43H73N3O7/c1-6-7-25-8-11-28-24(2)38(53-34(28)12-9-25)39(50)41(4,51)35-15-17-43(52)30-19-31(47)29-18-32(48)33(49)21-42(29,16-14-26-10-13-36(44)46-22-26)37(30)27(23-45-5)20-40(35,43)3/h19,24-29,32-39,45-46,48-52H,6-18,20-23,44H2,1-5H3/t24-,25-,26?,27-,28+,29+,32+,33-,34+,35+,36?,37+,38+,39+,40+,41+,42-,43-/m0/s1. The summed E-state index contributed by atoms with van der Waals surface area (Å²) in [7, 11) is 1.94. The SMILES string of the molecule is CCC[C@H]1CC[C@@H]2[C@H](C)[C@H]([C@@H](O)[C@](C)(O)[C@@H]3CC[C@]4(O)C5=CC(=O)[C@H]6C[C@@H](O)[C@@H](O)C[C@]6(CCC6CCC(N)NC6)[C@@H]5[C@H](CNC)C[C@]34C)O[C@@H]2CC1. The lowest BCUT2D eigenvalue weighted by Crippen LogP contribution is -2.67. The molecule has 2 heterocycles. The zero-order chi connectivity index (χ0) is 38.1. The number of ketones is 1. The molecule has 5 aliphatic carbocycles. The third-order valence-corrected chi connectivity index (χ3v) is 17.1. The van der Waals surface area contributed by atoms with Crippen molar-refractivity contribution in [2.45, 2.75) is 172 Å². The summed E-state index contributed by atoms with van der Waals surface area (Å²) in [5.74, 6) is 0.516. The summed E-state index contributed by atoms with van der Waals surface area (Å²) in [6.45, 7) is 9.77. The van der Waals surface area contributed by atoms with E-state index in [1.165, 1.54) is 19.3 Å². The summed E-state index contributed by atoms with van der Waals surface area (Å²) in [6, 6.07) is 0. The van der Waals surface area contributed by atoms with Gasteiger partial charge in [-0.1, -0.05) is 40.0 Å². The first-order valence-corrected chi connectivity index (χ1v) is 21.6. The average Bonchev–Trinajstić information content (AvgIpc) is 3.49. The van der Waals surface area contributed by atoms with Crippen LogP contribution in [0.25, 0.3) is 0 Å². The molecule has 7 rings (SSSR count). The first-order chi connectivity index (χ1) is 25.1. The first-order valence-electron chi connectivity index (χ1n) is 21.6. The van der Waals surface area contributed by atoms with E-state index in [9.17, 15) is 30.3 Å². The Labute approximate surface area is 318 Å². The third kappa shape index (κ3) is 6.64. The van der Waals surface area contributed by atoms with Gasteiger partial charge in [-0.15, -0.1) is 0 Å². The van der Waals surface area contributed by atoms with Crippen molar-refractivity contribution in [2.75, 3.05) is 20.1 Å². The van der Waals surface area contributed by atoms with E-state index in [2.05, 4.69) is 31.4 Å². The van der Waals surface area contributed by atoms with E-state index in [0.717, 1.165) is 63.0 Å². The largest absolute Gasteiger partial charge is 0.390 e. The molecule has 0 aromatic heterocycles. The molecule has 0 aromatic rings. The molecule has 4 saturated carbocycles. The molecule has 10 heteroatoms. The predicted octanol–water partition coefficient (Wildman–Crippen LogP) is 3.80. The molecule has 2 unspecified atom stereocenters. The second-order valence-electron chi connectivity index (χ2n) is 19.9. The number of ether oxygens (including phenoxy) is 1. The molecule has 9 N–H and O–H groups in total. The normalized spacial score (nSPS) is 50.2. The van der Waals surface area contributed by atoms with Crippen LogP contribution >= 0.6 is 0 Å². The fourth-order valence-corrected chi connectivity index (χ4v) is 14.3. The quantitative estimate of drug-likeness (QED) is 0.164. The van der Waals surface area contributed by atoms with Gasteiger partial charge in [0.05, 0.1) is 41.8 Å². The number of nitrogens with two attached hydrogens (primary N) is 1. The summed E-state index contributed by atoms with van der Waals surface area (Å²) in [4.78, 5) is 14.4. The van der Waals surface area contributed by atoms with Crippen molar-refractivity contribution in [1.29, 1.82) is 0 Å². The maximum Gasteiger partial charge on any atom is 0.159 e. The van der Waals surface area contributed by atoms with Crippen LogP contribution in [-0.2, 0) is 9.53 Å². The Bertz CT molecular complexity index is 1350. The minimum absolute atomic E-state index is 0.00126. The number of aliphatic hydroxyl groups excluding tert-OH is 3. The highest BCUT2D eigenvalue weighted by Crippen LogP contribution is 2.71. The Morgan fingerprint density at radius 1 is 1.08 bits per heavy atom. The Morgan fingerprint density at radius 2 is 1.81 bits per heavy atom. The predicted molar refractivity (Wildman–Crippen MR) is 204 cm³/mol. The Balaban J connectivity index is 1.19. The minimum Gasteiger partial charge on any atom is -0.390 e. The molecule has 0 aromatic carbocycles. The first kappa shape index (κ1) is 40.3. The van der Waals surface area contributed by atoms with Crippen molar-refractivity contribution in [3.63, 3.8) is 0 Å². The highest BCUT2D eigenvalue weighted by atomic mass is 16.5. The lowest BCUT2D eigenvalue weighted by atomic mass is 9.41. The van der Waals surface area contributed by atoms with Crippen LogP contribution in [0.4, 0.5) is 0 Å². The molecule has 0 radical (unpaired) electrons. The van der Waals surface area contributed by atoms with Crippen molar-refractivity contribution in [2.24, 2.45) is 63.9 Å². The number of carbonyl (C=O) groups is 1. The van der Waals surface area contributed by atoms with Gasteiger partial charge in [0.15, 0.2) is 5.78 Å². The van der Waals surface area contributed by atoms with Gasteiger partial charge in [0.2, 0.25) is 0 Å². The van der Waals surface area contributed by atoms with E-state index in [4.69, 9.17) is 10.5 Å². The molecule has 0 bridgehead atoms. The number of fused-ring (bicyclic) bond motifs is 6. The minimum atomic E-state index is -1.54. The average molecular weight is 744 g/mol. The van der Waals surface area contributed by atoms with Crippen LogP contribution in [0.5, 0.6) is 0 Å². The number of allylic oxidation sites excluding steroid dienone is 1. The number of hydrogen-bond donors (Lipinski definition) is 8. The van der Waals surface area contributed by atoms with Gasteiger partial charge < -0.3 is 46.6 Å². The summed E-state index contributed by atoms with van der Waals surface area (Å²) in [5, 5.41) is 67.3. The Morgan fingerprint density at radius 3 is 2.51 bits per heavy atom. The van der Waals surface area contributed by atoms with Gasteiger partial charge in [-0.3, -0.25) is 4.79 Å². The van der Waals surface area contributed by atoms with Crippen LogP contribution in [0.1, 0.15) is 124 Å². The Kier molecular flexibility index (Phi) is 11.5. The monoisotopic (exact) mass is 744 g/mol. The van der Waals surface area contributed by atoms with Gasteiger partial charge in [-0.05, 0) is 163 Å². The lowest BCUT2D eigenvalue weighted by molar-refractivity contribution is -0.206. The molecule has 7 aliphatic rings. The van der Waals surface area contributed by atoms with Crippen molar-refractivity contribution >= 4 is 5.78 Å². The number of piperidine rings is 1. The van der Waals surface area contributed by atoms with E-state index in [-0.39, 0.29) is 42.2 Å². The van der Waals surface area contributed by atoms with E-state index < -0.39 is 58.3 Å². The van der Waals surface area contributed by atoms with Crippen molar-refractivity contribution in [3.8, 4) is 0 Å². The molecular weight excluding hydrogens is 670 g/mol. The van der Waals surface area contributed by atoms with Crippen LogP contribution in [0, 0.1) is 58.2 Å². The lowest BCUT2D eigenvalue weighted by Gasteiger charge is -2.64. The van der Waals surface area contributed by atoms with Gasteiger partial charge >= 0.3 is 0 Å². The zero-order valence-electron chi connectivity index (χ0n) is 33.3. The topological polar surface area (TPSA) is 178 Å². The van der Waals surface area contributed by atoms with Gasteiger partial charge in [-0.25, -0.2) is 0 Å². The molecule has 302 valence electrons.